The van der Waals surface area contributed by atoms with Crippen molar-refractivity contribution in [2.45, 2.75) is 26.4 Å². The number of rotatable bonds is 2. The van der Waals surface area contributed by atoms with Gasteiger partial charge in [-0.1, -0.05) is 18.2 Å². The normalized spacial score (nSPS) is 13.3. The quantitative estimate of drug-likeness (QED) is 0.796. The van der Waals surface area contributed by atoms with Gasteiger partial charge in [0.05, 0.1) is 6.10 Å². The maximum atomic E-state index is 9.49. The van der Waals surface area contributed by atoms with Crippen molar-refractivity contribution in [3.63, 3.8) is 0 Å². The molecule has 1 aromatic carbocycles. The largest absolute Gasteiger partial charge is 0.393 e. The molecule has 1 heterocycles. The monoisotopic (exact) mass is 203 g/mol. The van der Waals surface area contributed by atoms with Gasteiger partial charge in [-0.2, -0.15) is 0 Å². The second-order valence-corrected chi connectivity index (χ2v) is 4.19. The van der Waals surface area contributed by atoms with Crippen molar-refractivity contribution >= 4 is 10.9 Å². The second kappa shape index (κ2) is 3.70. The van der Waals surface area contributed by atoms with Gasteiger partial charge in [0.1, 0.15) is 0 Å². The zero-order chi connectivity index (χ0) is 11.0. The van der Waals surface area contributed by atoms with E-state index in [0.717, 1.165) is 6.42 Å². The van der Waals surface area contributed by atoms with Gasteiger partial charge in [0.2, 0.25) is 0 Å². The lowest BCUT2D eigenvalue weighted by Gasteiger charge is -2.04. The minimum atomic E-state index is -0.283. The summed E-state index contributed by atoms with van der Waals surface area (Å²) >= 11 is 0. The maximum Gasteiger partial charge on any atom is 0.0553 e. The maximum absolute atomic E-state index is 9.49. The van der Waals surface area contributed by atoms with Gasteiger partial charge < -0.3 is 9.67 Å². The molecule has 1 aromatic heterocycles. The highest BCUT2D eigenvalue weighted by atomic mass is 16.3. The van der Waals surface area contributed by atoms with Crippen LogP contribution in [0.1, 0.15) is 18.2 Å². The first-order chi connectivity index (χ1) is 7.11. The molecule has 0 aliphatic heterocycles. The third-order valence-corrected chi connectivity index (χ3v) is 3.03. The first-order valence-electron chi connectivity index (χ1n) is 5.32. The average molecular weight is 203 g/mol. The summed E-state index contributed by atoms with van der Waals surface area (Å²) in [5.74, 6) is 0. The molecule has 2 nitrogen and oxygen atoms in total. The molecule has 1 N–H and O–H groups in total. The zero-order valence-corrected chi connectivity index (χ0v) is 9.49. The highest BCUT2D eigenvalue weighted by Crippen LogP contribution is 2.25. The number of aryl methyl sites for hydroxylation is 1. The van der Waals surface area contributed by atoms with E-state index in [1.807, 2.05) is 19.1 Å². The van der Waals surface area contributed by atoms with Crippen molar-refractivity contribution in [2.75, 3.05) is 0 Å². The molecule has 0 saturated carbocycles. The Morgan fingerprint density at radius 2 is 2.00 bits per heavy atom. The number of para-hydroxylation sites is 1. The summed E-state index contributed by atoms with van der Waals surface area (Å²) in [6, 6.07) is 8.34. The molecular weight excluding hydrogens is 186 g/mol. The molecule has 2 heteroatoms. The van der Waals surface area contributed by atoms with Crippen molar-refractivity contribution in [3.8, 4) is 0 Å². The van der Waals surface area contributed by atoms with E-state index in [0.29, 0.717) is 0 Å². The molecule has 0 saturated heterocycles. The molecule has 0 spiro atoms. The second-order valence-electron chi connectivity index (χ2n) is 4.19. The first kappa shape index (κ1) is 10.2. The van der Waals surface area contributed by atoms with E-state index in [1.54, 1.807) is 0 Å². The summed E-state index contributed by atoms with van der Waals surface area (Å²) in [6.07, 6.45) is 0.446. The third kappa shape index (κ3) is 1.65. The molecule has 0 aliphatic carbocycles. The summed E-state index contributed by atoms with van der Waals surface area (Å²) in [5, 5.41) is 10.8. The molecule has 0 aliphatic rings. The fourth-order valence-corrected chi connectivity index (χ4v) is 2.15. The van der Waals surface area contributed by atoms with Crippen molar-refractivity contribution in [3.05, 3.63) is 35.5 Å². The van der Waals surface area contributed by atoms with E-state index in [9.17, 15) is 5.11 Å². The summed E-state index contributed by atoms with van der Waals surface area (Å²) < 4.78 is 2.19. The Morgan fingerprint density at radius 3 is 2.67 bits per heavy atom. The fourth-order valence-electron chi connectivity index (χ4n) is 2.15. The molecule has 1 unspecified atom stereocenters. The highest BCUT2D eigenvalue weighted by molar-refractivity contribution is 5.85. The molecule has 1 atom stereocenters. The van der Waals surface area contributed by atoms with Gasteiger partial charge in [-0.15, -0.1) is 0 Å². The molecule has 0 radical (unpaired) electrons. The van der Waals surface area contributed by atoms with Crippen LogP contribution < -0.4 is 0 Å². The van der Waals surface area contributed by atoms with Gasteiger partial charge in [0.25, 0.3) is 0 Å². The van der Waals surface area contributed by atoms with Crippen LogP contribution in [0.4, 0.5) is 0 Å². The number of benzene rings is 1. The minimum absolute atomic E-state index is 0.283. The van der Waals surface area contributed by atoms with E-state index in [-0.39, 0.29) is 6.10 Å². The van der Waals surface area contributed by atoms with Crippen LogP contribution in [0.3, 0.4) is 0 Å². The molecule has 0 bridgehead atoms. The van der Waals surface area contributed by atoms with E-state index < -0.39 is 0 Å². The van der Waals surface area contributed by atoms with Gasteiger partial charge in [0.15, 0.2) is 0 Å². The Morgan fingerprint density at radius 1 is 1.33 bits per heavy atom. The number of nitrogens with zero attached hydrogens (tertiary/aromatic N) is 1. The molecular formula is C13H17NO. The third-order valence-electron chi connectivity index (χ3n) is 3.03. The van der Waals surface area contributed by atoms with Crippen LogP contribution in [-0.4, -0.2) is 15.8 Å². The van der Waals surface area contributed by atoms with Crippen LogP contribution in [0.25, 0.3) is 10.9 Å². The van der Waals surface area contributed by atoms with E-state index in [4.69, 9.17) is 0 Å². The number of hydrogen-bond donors (Lipinski definition) is 1. The molecule has 0 fully saturated rings. The molecule has 15 heavy (non-hydrogen) atoms. The topological polar surface area (TPSA) is 25.2 Å². The summed E-state index contributed by atoms with van der Waals surface area (Å²) in [5.41, 5.74) is 3.76. The van der Waals surface area contributed by atoms with Crippen molar-refractivity contribution < 1.29 is 5.11 Å². The Balaban J connectivity index is 2.66. The highest BCUT2D eigenvalue weighted by Gasteiger charge is 2.12. The van der Waals surface area contributed by atoms with E-state index >= 15 is 0 Å². The zero-order valence-electron chi connectivity index (χ0n) is 9.49. The van der Waals surface area contributed by atoms with Crippen LogP contribution in [0.2, 0.25) is 0 Å². The number of hydrogen-bond acceptors (Lipinski definition) is 1. The summed E-state index contributed by atoms with van der Waals surface area (Å²) in [6.45, 7) is 3.94. The Labute approximate surface area is 90.2 Å². The number of aliphatic hydroxyl groups is 1. The lowest BCUT2D eigenvalue weighted by atomic mass is 10.1. The number of aromatic nitrogens is 1. The van der Waals surface area contributed by atoms with Gasteiger partial charge in [-0.25, -0.2) is 0 Å². The van der Waals surface area contributed by atoms with Gasteiger partial charge in [-0.3, -0.25) is 0 Å². The Hall–Kier alpha value is -1.28. The average Bonchev–Trinajstić information content (AvgIpc) is 2.44. The Bertz CT molecular complexity index is 482. The summed E-state index contributed by atoms with van der Waals surface area (Å²) in [7, 11) is 2.07. The van der Waals surface area contributed by atoms with Crippen LogP contribution >= 0.6 is 0 Å². The van der Waals surface area contributed by atoms with Crippen LogP contribution in [0.15, 0.2) is 24.3 Å². The van der Waals surface area contributed by atoms with E-state index in [1.165, 1.54) is 22.2 Å². The van der Waals surface area contributed by atoms with Crippen LogP contribution in [0, 0.1) is 6.92 Å². The van der Waals surface area contributed by atoms with Crippen LogP contribution in [0.5, 0.6) is 0 Å². The molecule has 2 rings (SSSR count). The molecule has 2 aromatic rings. The number of fused-ring (bicyclic) bond motifs is 1. The van der Waals surface area contributed by atoms with Gasteiger partial charge >= 0.3 is 0 Å². The van der Waals surface area contributed by atoms with Crippen molar-refractivity contribution in [1.82, 2.24) is 4.57 Å². The summed E-state index contributed by atoms with van der Waals surface area (Å²) in [4.78, 5) is 0. The van der Waals surface area contributed by atoms with E-state index in [2.05, 4.69) is 30.7 Å². The first-order valence-corrected chi connectivity index (χ1v) is 5.32. The predicted octanol–water partition coefficient (Wildman–Crippen LogP) is 2.41. The fraction of sp³-hybridized carbons (Fsp3) is 0.385. The predicted molar refractivity (Wildman–Crippen MR) is 63.0 cm³/mol. The SMILES string of the molecule is Cc1c(CC(C)O)c2ccccc2n1C. The van der Waals surface area contributed by atoms with Crippen molar-refractivity contribution in [1.29, 1.82) is 0 Å². The van der Waals surface area contributed by atoms with Crippen molar-refractivity contribution in [2.24, 2.45) is 7.05 Å². The minimum Gasteiger partial charge on any atom is -0.393 e. The van der Waals surface area contributed by atoms with Crippen LogP contribution in [-0.2, 0) is 13.5 Å². The lowest BCUT2D eigenvalue weighted by molar-refractivity contribution is 0.195. The number of aliphatic hydroxyl groups excluding tert-OH is 1. The van der Waals surface area contributed by atoms with Gasteiger partial charge in [-0.05, 0) is 25.5 Å². The smallest absolute Gasteiger partial charge is 0.0553 e. The van der Waals surface area contributed by atoms with Gasteiger partial charge in [0, 0.05) is 30.1 Å². The molecule has 80 valence electrons. The lowest BCUT2D eigenvalue weighted by Crippen LogP contribution is -2.05. The molecule has 0 amide bonds. The standard InChI is InChI=1S/C13H17NO/c1-9(15)8-12-10(2)14(3)13-7-5-4-6-11(12)13/h4-7,9,15H,8H2,1-3H3. The Kier molecular flexibility index (Phi) is 2.53.